The number of benzene rings is 18. The summed E-state index contributed by atoms with van der Waals surface area (Å²) in [5, 5.41) is 94.3. The van der Waals surface area contributed by atoms with Gasteiger partial charge in [-0.3, -0.25) is 0 Å². The standard InChI is InChI=1S/C77H34N2O2/c1-75(2,3)81-74(80)78-12-10-8-6-4-5-7-9-11-13-79-14-76-70-62-54-44-34-26-18-16-17-20-24-22(18)30-38-32(24)42-36-28(20)29-21(17)25-23-19(16)27(26)35-41-31(23)39-33(25)43-37(29)47-46(36)56-50(42)60-52(38)58(48(54)40(30)34)66(70)68(60)72-64(56)65-57(47)51(43)61-53(39)59-49(41)55(45(35)44)63(62)71(76)67(59)69(61)73(65)77(72,76)15-79/h4-15H2,1-3H3,(H,78,80). The number of rotatable bonds is 11. The zero-order valence-corrected chi connectivity index (χ0v) is 44.2. The molecule has 33 rings (SSSR count). The molecule has 1 heterocycles. The Morgan fingerprint density at radius 3 is 0.704 bits per heavy atom. The fourth-order valence-electron chi connectivity index (χ4n) is 27.1. The second-order valence-electron chi connectivity index (χ2n) is 30.5. The molecular weight excluding hydrogens is 985 g/mol. The molecule has 0 radical (unpaired) electrons. The highest BCUT2D eigenvalue weighted by molar-refractivity contribution is 6.82. The summed E-state index contributed by atoms with van der Waals surface area (Å²) in [6.45, 7) is 9.94. The van der Waals surface area contributed by atoms with Crippen LogP contribution in [0.15, 0.2) is 0 Å². The minimum atomic E-state index is -0.456. The van der Waals surface area contributed by atoms with E-state index in [1.807, 2.05) is 43.0 Å². The average Bonchev–Trinajstić information content (AvgIpc) is 1.48. The molecule has 1 amide bonds. The molecule has 0 aromatic heterocycles. The van der Waals surface area contributed by atoms with Gasteiger partial charge in [0.2, 0.25) is 0 Å². The number of hydrogen-bond donors (Lipinski definition) is 1. The molecule has 5 aliphatic rings. The maximum Gasteiger partial charge on any atom is 0.407 e. The zero-order valence-electron chi connectivity index (χ0n) is 44.2. The van der Waals surface area contributed by atoms with Crippen molar-refractivity contribution in [3.63, 3.8) is 0 Å². The number of hydrogen-bond acceptors (Lipinski definition) is 3. The predicted molar refractivity (Wildman–Crippen MR) is 341 cm³/mol. The van der Waals surface area contributed by atoms with Gasteiger partial charge in [0.1, 0.15) is 5.60 Å². The maximum atomic E-state index is 12.2. The van der Waals surface area contributed by atoms with Crippen LogP contribution in [0.5, 0.6) is 0 Å². The van der Waals surface area contributed by atoms with Crippen molar-refractivity contribution in [1.82, 2.24) is 10.2 Å². The molecule has 4 nitrogen and oxygen atoms in total. The number of unbranched alkanes of at least 4 members (excludes halogenated alkanes) is 7. The van der Waals surface area contributed by atoms with Crippen molar-refractivity contribution < 1.29 is 9.53 Å². The van der Waals surface area contributed by atoms with E-state index < -0.39 is 5.60 Å². The molecule has 364 valence electrons. The summed E-state index contributed by atoms with van der Waals surface area (Å²) in [6.07, 6.45) is 9.57. The molecule has 4 heteroatoms. The van der Waals surface area contributed by atoms with Crippen LogP contribution in [0.2, 0.25) is 0 Å². The molecule has 1 saturated heterocycles. The lowest BCUT2D eigenvalue weighted by Gasteiger charge is -2.49. The van der Waals surface area contributed by atoms with Gasteiger partial charge in [0, 0.05) is 19.6 Å². The first-order chi connectivity index (χ1) is 39.9. The van der Waals surface area contributed by atoms with Gasteiger partial charge in [0.25, 0.3) is 0 Å². The largest absolute Gasteiger partial charge is 0.444 e. The van der Waals surface area contributed by atoms with Gasteiger partial charge in [-0.2, -0.15) is 0 Å². The Morgan fingerprint density at radius 2 is 0.494 bits per heavy atom. The molecule has 0 bridgehead atoms. The zero-order chi connectivity index (χ0) is 50.0. The van der Waals surface area contributed by atoms with Crippen molar-refractivity contribution in [2.24, 2.45) is 0 Å². The third-order valence-corrected chi connectivity index (χ3v) is 27.7. The first kappa shape index (κ1) is 34.7. The number of alkyl carbamates (subject to hydrolysis) is 1. The van der Waals surface area contributed by atoms with Crippen molar-refractivity contribution in [3.05, 3.63) is 22.3 Å². The van der Waals surface area contributed by atoms with Crippen LogP contribution < -0.4 is 5.32 Å². The highest BCUT2D eigenvalue weighted by atomic mass is 16.6. The Kier molecular flexibility index (Phi) is 3.70. The lowest BCUT2D eigenvalue weighted by Crippen LogP contribution is -2.51. The van der Waals surface area contributed by atoms with Crippen LogP contribution in [0.4, 0.5) is 4.79 Å². The molecule has 1 aliphatic heterocycles. The predicted octanol–water partition coefficient (Wildman–Crippen LogP) is 20.3. The number of amides is 1. The van der Waals surface area contributed by atoms with Crippen LogP contribution in [-0.4, -0.2) is 42.8 Å². The van der Waals surface area contributed by atoms with Gasteiger partial charge in [-0.05, 0) is 353 Å². The van der Waals surface area contributed by atoms with E-state index in [0.717, 1.165) is 25.9 Å². The van der Waals surface area contributed by atoms with Crippen LogP contribution in [0.25, 0.3) is 291 Å². The van der Waals surface area contributed by atoms with Gasteiger partial charge in [-0.15, -0.1) is 0 Å². The second-order valence-corrected chi connectivity index (χ2v) is 30.5. The fourth-order valence-corrected chi connectivity index (χ4v) is 27.1. The van der Waals surface area contributed by atoms with Gasteiger partial charge < -0.3 is 15.0 Å². The molecule has 81 heavy (non-hydrogen) atoms. The van der Waals surface area contributed by atoms with Gasteiger partial charge in [0.05, 0.1) is 10.8 Å². The number of carbonyl (C=O) groups is 1. The van der Waals surface area contributed by atoms with Crippen molar-refractivity contribution in [2.45, 2.75) is 88.6 Å². The van der Waals surface area contributed by atoms with E-state index in [9.17, 15) is 4.79 Å². The average molecular weight is 1020 g/mol. The number of likely N-dealkylation sites (tertiary alicyclic amines) is 1. The SMILES string of the molecule is CC(C)(C)OC(=O)NCCCCCCCCCCN1CC23c4c5c6c7c8c9c(c%10c%11c2c2c4c4c%12c5c5c6c6c8c8c%13c9c9c%10c%10c%11c%11c2c2c4c4c%12c%12c5c5c6c8c6c8c%13c9c9c%10c%10c%11c2c2c4c4c%12c5c6c5c8c9c%10c2c45)C73C1. The van der Waals surface area contributed by atoms with Crippen molar-refractivity contribution in [1.29, 1.82) is 0 Å². The van der Waals surface area contributed by atoms with E-state index >= 15 is 0 Å². The van der Waals surface area contributed by atoms with E-state index in [1.165, 1.54) is 45.1 Å². The summed E-state index contributed by atoms with van der Waals surface area (Å²) in [5.41, 5.74) is 6.51. The molecule has 4 aliphatic carbocycles. The lowest BCUT2D eigenvalue weighted by molar-refractivity contribution is 0.0527. The number of carbonyl (C=O) groups excluding carboxylic acids is 1. The summed E-state index contributed by atoms with van der Waals surface area (Å²) in [4.78, 5) is 15.3. The quantitative estimate of drug-likeness (QED) is 0.104. The molecule has 0 unspecified atom stereocenters. The summed E-state index contributed by atoms with van der Waals surface area (Å²) >= 11 is 0. The summed E-state index contributed by atoms with van der Waals surface area (Å²) in [7, 11) is 0. The van der Waals surface area contributed by atoms with Gasteiger partial charge in [-0.1, -0.05) is 38.5 Å². The minimum Gasteiger partial charge on any atom is -0.444 e. The van der Waals surface area contributed by atoms with Gasteiger partial charge in [-0.25, -0.2) is 4.79 Å². The van der Waals surface area contributed by atoms with Crippen LogP contribution >= 0.6 is 0 Å². The Bertz CT molecular complexity index is 6880. The molecular formula is C77H34N2O2. The van der Waals surface area contributed by atoms with E-state index in [2.05, 4.69) is 10.2 Å². The van der Waals surface area contributed by atoms with Crippen LogP contribution in [0.1, 0.15) is 94.4 Å². The monoisotopic (exact) mass is 1020 g/mol. The molecule has 28 aromatic rings. The molecule has 0 saturated carbocycles. The fraction of sp³-hybridized carbons (Fsp3) is 0.234. The number of ether oxygens (including phenoxy) is 1. The topological polar surface area (TPSA) is 41.6 Å². The van der Waals surface area contributed by atoms with Crippen molar-refractivity contribution in [2.75, 3.05) is 26.2 Å². The Hall–Kier alpha value is -8.31. The third-order valence-electron chi connectivity index (χ3n) is 27.7. The second kappa shape index (κ2) is 8.63. The van der Waals surface area contributed by atoms with E-state index in [-0.39, 0.29) is 16.9 Å². The van der Waals surface area contributed by atoms with Crippen molar-refractivity contribution >= 4 is 297 Å². The number of nitrogens with zero attached hydrogens (tertiary/aromatic N) is 1. The van der Waals surface area contributed by atoms with Gasteiger partial charge >= 0.3 is 6.09 Å². The van der Waals surface area contributed by atoms with Crippen LogP contribution in [0.3, 0.4) is 0 Å². The Morgan fingerprint density at radius 1 is 0.309 bits per heavy atom. The smallest absolute Gasteiger partial charge is 0.407 e. The first-order valence-electron chi connectivity index (χ1n) is 31.4. The highest BCUT2D eigenvalue weighted by Gasteiger charge is 2.72. The van der Waals surface area contributed by atoms with Crippen molar-refractivity contribution in [3.8, 4) is 0 Å². The summed E-state index contributed by atoms with van der Waals surface area (Å²) < 4.78 is 5.47. The lowest BCUT2D eigenvalue weighted by atomic mass is 9.50. The van der Waals surface area contributed by atoms with Crippen LogP contribution in [-0.2, 0) is 15.6 Å². The first-order valence-corrected chi connectivity index (χ1v) is 31.4. The van der Waals surface area contributed by atoms with E-state index in [4.69, 9.17) is 4.74 Å². The Labute approximate surface area is 451 Å². The molecule has 0 atom stereocenters. The number of nitrogens with one attached hydrogen (secondary N) is 1. The molecule has 28 aromatic carbocycles. The summed E-state index contributed by atoms with van der Waals surface area (Å²) in [5.74, 6) is 0. The molecule has 1 fully saturated rings. The highest BCUT2D eigenvalue weighted by Crippen LogP contribution is 2.85. The third kappa shape index (κ3) is 2.25. The van der Waals surface area contributed by atoms with Crippen LogP contribution in [0, 0.1) is 0 Å². The summed E-state index contributed by atoms with van der Waals surface area (Å²) in [6, 6.07) is 0. The van der Waals surface area contributed by atoms with E-state index in [1.54, 1.807) is 291 Å². The Balaban J connectivity index is 0.770. The molecule has 2 spiro atoms. The molecule has 1 N–H and O–H groups in total. The maximum absolute atomic E-state index is 12.2. The van der Waals surface area contributed by atoms with Gasteiger partial charge in [0.15, 0.2) is 0 Å². The minimum absolute atomic E-state index is 0.156. The normalized spacial score (nSPS) is 21.5. The van der Waals surface area contributed by atoms with E-state index in [0.29, 0.717) is 6.54 Å².